The molecule has 0 aliphatic heterocycles. The summed E-state index contributed by atoms with van der Waals surface area (Å²) < 4.78 is 1.53. The van der Waals surface area contributed by atoms with E-state index in [1.54, 1.807) is 13.1 Å². The minimum absolute atomic E-state index is 0.0210. The van der Waals surface area contributed by atoms with E-state index in [1.165, 1.54) is 42.0 Å². The number of benzene rings is 1. The first-order valence-electron chi connectivity index (χ1n) is 9.41. The summed E-state index contributed by atoms with van der Waals surface area (Å²) in [7, 11) is 1.71. The lowest BCUT2D eigenvalue weighted by molar-refractivity contribution is -0.119. The molecule has 1 N–H and O–H groups in total. The normalized spacial score (nSPS) is 25.5. The first-order valence-corrected chi connectivity index (χ1v) is 10.4. The molecule has 2 bridgehead atoms. The van der Waals surface area contributed by atoms with Gasteiger partial charge >= 0.3 is 0 Å². The lowest BCUT2D eigenvalue weighted by Crippen LogP contribution is -2.41. The number of fused-ring (bicyclic) bond motifs is 3. The van der Waals surface area contributed by atoms with Crippen LogP contribution in [0.3, 0.4) is 0 Å². The largest absolute Gasteiger partial charge is 0.353 e. The fourth-order valence-corrected chi connectivity index (χ4v) is 5.55. The third kappa shape index (κ3) is 3.27. The molecule has 1 aromatic heterocycles. The summed E-state index contributed by atoms with van der Waals surface area (Å²) >= 11 is 1.32. The van der Waals surface area contributed by atoms with Crippen molar-refractivity contribution in [2.45, 2.75) is 43.8 Å². The second-order valence-corrected chi connectivity index (χ2v) is 8.70. The summed E-state index contributed by atoms with van der Waals surface area (Å²) in [6.07, 6.45) is 5.31. The number of carbonyl (C=O) groups excluding carboxylic acids is 1. The Kier molecular flexibility index (Phi) is 4.78. The zero-order valence-corrected chi connectivity index (χ0v) is 16.1. The summed E-state index contributed by atoms with van der Waals surface area (Å²) in [4.78, 5) is 29.4. The van der Waals surface area contributed by atoms with Crippen LogP contribution >= 0.6 is 11.8 Å². The molecule has 2 aliphatic rings. The van der Waals surface area contributed by atoms with E-state index in [0.717, 1.165) is 11.8 Å². The van der Waals surface area contributed by atoms with Crippen molar-refractivity contribution in [2.24, 2.45) is 24.8 Å². The highest BCUT2D eigenvalue weighted by atomic mass is 32.2. The highest BCUT2D eigenvalue weighted by Crippen LogP contribution is 2.49. The van der Waals surface area contributed by atoms with Crippen LogP contribution in [0.1, 0.15) is 32.6 Å². The van der Waals surface area contributed by atoms with Crippen molar-refractivity contribution >= 4 is 28.6 Å². The molecule has 4 rings (SSSR count). The zero-order valence-electron chi connectivity index (χ0n) is 15.3. The Morgan fingerprint density at radius 3 is 2.88 bits per heavy atom. The number of nitrogens with one attached hydrogen (secondary N) is 1. The lowest BCUT2D eigenvalue weighted by atomic mass is 9.84. The van der Waals surface area contributed by atoms with Crippen LogP contribution in [0.4, 0.5) is 0 Å². The van der Waals surface area contributed by atoms with Crippen molar-refractivity contribution in [1.82, 2.24) is 14.9 Å². The van der Waals surface area contributed by atoms with Gasteiger partial charge in [-0.25, -0.2) is 4.98 Å². The Labute approximate surface area is 157 Å². The zero-order chi connectivity index (χ0) is 18.3. The van der Waals surface area contributed by atoms with E-state index in [2.05, 4.69) is 17.2 Å². The van der Waals surface area contributed by atoms with Crippen molar-refractivity contribution in [3.63, 3.8) is 0 Å². The van der Waals surface area contributed by atoms with Crippen LogP contribution in [0.5, 0.6) is 0 Å². The van der Waals surface area contributed by atoms with Crippen LogP contribution < -0.4 is 10.9 Å². The van der Waals surface area contributed by atoms with Crippen molar-refractivity contribution in [1.29, 1.82) is 0 Å². The van der Waals surface area contributed by atoms with Crippen molar-refractivity contribution in [2.75, 3.05) is 5.75 Å². The Hall–Kier alpha value is -1.82. The van der Waals surface area contributed by atoms with Gasteiger partial charge in [-0.05, 0) is 56.1 Å². The van der Waals surface area contributed by atoms with Gasteiger partial charge in [0.2, 0.25) is 5.91 Å². The molecule has 1 aromatic carbocycles. The van der Waals surface area contributed by atoms with Gasteiger partial charge in [0.1, 0.15) is 0 Å². The number of para-hydroxylation sites is 1. The molecule has 138 valence electrons. The number of aromatic nitrogens is 2. The summed E-state index contributed by atoms with van der Waals surface area (Å²) in [6.45, 7) is 2.14. The van der Waals surface area contributed by atoms with Gasteiger partial charge in [-0.15, -0.1) is 0 Å². The molecule has 2 aromatic rings. The Morgan fingerprint density at radius 1 is 1.35 bits per heavy atom. The molecule has 2 saturated carbocycles. The van der Waals surface area contributed by atoms with E-state index in [9.17, 15) is 9.59 Å². The van der Waals surface area contributed by atoms with E-state index in [-0.39, 0.29) is 23.3 Å². The highest BCUT2D eigenvalue weighted by molar-refractivity contribution is 7.99. The highest BCUT2D eigenvalue weighted by Gasteiger charge is 2.42. The first-order chi connectivity index (χ1) is 12.5. The molecule has 0 spiro atoms. The smallest absolute Gasteiger partial charge is 0.261 e. The average Bonchev–Trinajstić information content (AvgIpc) is 3.27. The predicted molar refractivity (Wildman–Crippen MR) is 104 cm³/mol. The van der Waals surface area contributed by atoms with Crippen molar-refractivity contribution in [3.8, 4) is 0 Å². The Morgan fingerprint density at radius 2 is 2.15 bits per heavy atom. The molecule has 0 radical (unpaired) electrons. The number of hydrogen-bond donors (Lipinski definition) is 1. The fourth-order valence-electron chi connectivity index (χ4n) is 4.77. The van der Waals surface area contributed by atoms with Gasteiger partial charge < -0.3 is 5.32 Å². The third-order valence-corrected chi connectivity index (χ3v) is 7.13. The first kappa shape index (κ1) is 17.6. The molecular weight excluding hydrogens is 346 g/mol. The number of hydrogen-bond acceptors (Lipinski definition) is 4. The maximum atomic E-state index is 12.4. The molecule has 5 nitrogen and oxygen atoms in total. The molecule has 2 fully saturated rings. The van der Waals surface area contributed by atoms with E-state index >= 15 is 0 Å². The van der Waals surface area contributed by atoms with Crippen LogP contribution in [0.25, 0.3) is 10.9 Å². The summed E-state index contributed by atoms with van der Waals surface area (Å²) in [5.74, 6) is 2.61. The fraction of sp³-hybridized carbons (Fsp3) is 0.550. The molecule has 1 amide bonds. The SMILES string of the molecule is C[C@H](NC(=O)CSc1nc2ccccc2c(=O)n1C)[C@@H]1C[C@H]2CC[C@H]1C2. The molecule has 4 atom stereocenters. The van der Waals surface area contributed by atoms with E-state index < -0.39 is 0 Å². The van der Waals surface area contributed by atoms with Gasteiger partial charge in [-0.1, -0.05) is 30.3 Å². The second-order valence-electron chi connectivity index (χ2n) is 7.76. The minimum Gasteiger partial charge on any atom is -0.353 e. The minimum atomic E-state index is -0.0751. The van der Waals surface area contributed by atoms with E-state index in [0.29, 0.717) is 22.0 Å². The van der Waals surface area contributed by atoms with Gasteiger partial charge in [-0.2, -0.15) is 0 Å². The summed E-state index contributed by atoms with van der Waals surface area (Å²) in [5.41, 5.74) is 0.600. The number of carbonyl (C=O) groups is 1. The summed E-state index contributed by atoms with van der Waals surface area (Å²) in [6, 6.07) is 7.54. The molecule has 2 aliphatic carbocycles. The van der Waals surface area contributed by atoms with E-state index in [1.807, 2.05) is 18.2 Å². The van der Waals surface area contributed by atoms with Crippen LogP contribution in [-0.2, 0) is 11.8 Å². The van der Waals surface area contributed by atoms with Gasteiger partial charge in [0.25, 0.3) is 5.56 Å². The molecule has 6 heteroatoms. The van der Waals surface area contributed by atoms with Gasteiger partial charge in [0.15, 0.2) is 5.16 Å². The standard InChI is InChI=1S/C20H25N3O2S/c1-12(16-10-13-7-8-14(16)9-13)21-18(24)11-26-20-22-17-6-4-3-5-15(17)19(25)23(20)2/h3-6,12-14,16H,7-11H2,1-2H3,(H,21,24)/t12-,13-,14-,16-/m0/s1. The van der Waals surface area contributed by atoms with Crippen molar-refractivity contribution in [3.05, 3.63) is 34.6 Å². The average molecular weight is 372 g/mol. The number of nitrogens with zero attached hydrogens (tertiary/aromatic N) is 2. The van der Waals surface area contributed by atoms with E-state index in [4.69, 9.17) is 0 Å². The Bertz CT molecular complexity index is 894. The van der Waals surface area contributed by atoms with Crippen LogP contribution in [-0.4, -0.2) is 27.3 Å². The maximum absolute atomic E-state index is 12.4. The predicted octanol–water partition coefficient (Wildman–Crippen LogP) is 2.97. The monoisotopic (exact) mass is 371 g/mol. The number of thioether (sulfide) groups is 1. The third-order valence-electron chi connectivity index (χ3n) is 6.10. The molecule has 0 unspecified atom stereocenters. The molecule has 1 heterocycles. The maximum Gasteiger partial charge on any atom is 0.261 e. The Balaban J connectivity index is 1.39. The van der Waals surface area contributed by atoms with Gasteiger partial charge in [-0.3, -0.25) is 14.2 Å². The lowest BCUT2D eigenvalue weighted by Gasteiger charge is -2.28. The van der Waals surface area contributed by atoms with Crippen LogP contribution in [0.15, 0.2) is 34.2 Å². The van der Waals surface area contributed by atoms with Crippen LogP contribution in [0.2, 0.25) is 0 Å². The number of amides is 1. The topological polar surface area (TPSA) is 64.0 Å². The molecular formula is C20H25N3O2S. The molecule has 26 heavy (non-hydrogen) atoms. The summed E-state index contributed by atoms with van der Waals surface area (Å²) in [5, 5.41) is 4.36. The van der Waals surface area contributed by atoms with Gasteiger partial charge in [0, 0.05) is 13.1 Å². The van der Waals surface area contributed by atoms with Gasteiger partial charge in [0.05, 0.1) is 16.7 Å². The molecule has 0 saturated heterocycles. The number of rotatable bonds is 5. The quantitative estimate of drug-likeness (QED) is 0.648. The second kappa shape index (κ2) is 7.06. The van der Waals surface area contributed by atoms with Crippen molar-refractivity contribution < 1.29 is 4.79 Å². The van der Waals surface area contributed by atoms with Crippen LogP contribution in [0, 0.1) is 17.8 Å².